The van der Waals surface area contributed by atoms with Crippen molar-refractivity contribution in [1.82, 2.24) is 4.90 Å². The molecular weight excluding hydrogens is 248 g/mol. The van der Waals surface area contributed by atoms with Crippen LogP contribution in [0.5, 0.6) is 0 Å². The van der Waals surface area contributed by atoms with E-state index >= 15 is 0 Å². The minimum absolute atomic E-state index is 0.0452. The second-order valence-electron chi connectivity index (χ2n) is 4.50. The number of anilines is 1. The van der Waals surface area contributed by atoms with Crippen LogP contribution in [0.15, 0.2) is 24.3 Å². The van der Waals surface area contributed by atoms with Crippen molar-refractivity contribution in [3.05, 3.63) is 29.8 Å². The summed E-state index contributed by atoms with van der Waals surface area (Å²) in [5.74, 6) is -0.150. The molecule has 4 nitrogen and oxygen atoms in total. The van der Waals surface area contributed by atoms with Gasteiger partial charge >= 0.3 is 0 Å². The summed E-state index contributed by atoms with van der Waals surface area (Å²) in [4.78, 5) is 25.7. The topological polar surface area (TPSA) is 49.4 Å². The number of hydrogen-bond donors (Lipinski definition) is 1. The van der Waals surface area contributed by atoms with Gasteiger partial charge in [0.1, 0.15) is 4.75 Å². The molecule has 2 rings (SSSR count). The van der Waals surface area contributed by atoms with Crippen LogP contribution in [-0.4, -0.2) is 37.1 Å². The van der Waals surface area contributed by atoms with E-state index in [2.05, 4.69) is 5.32 Å². The molecule has 0 fully saturated rings. The first-order chi connectivity index (χ1) is 8.51. The van der Waals surface area contributed by atoms with Crippen molar-refractivity contribution >= 4 is 29.3 Å². The van der Waals surface area contributed by atoms with E-state index in [1.165, 1.54) is 16.7 Å². The van der Waals surface area contributed by atoms with Crippen LogP contribution >= 0.6 is 11.8 Å². The fourth-order valence-corrected chi connectivity index (χ4v) is 3.01. The van der Waals surface area contributed by atoms with E-state index in [4.69, 9.17) is 0 Å². The Morgan fingerprint density at radius 1 is 1.39 bits per heavy atom. The molecule has 0 spiro atoms. The zero-order valence-electron chi connectivity index (χ0n) is 10.7. The summed E-state index contributed by atoms with van der Waals surface area (Å²) in [6.45, 7) is 0. The first-order valence-electron chi connectivity index (χ1n) is 5.67. The van der Waals surface area contributed by atoms with Gasteiger partial charge in [0.15, 0.2) is 0 Å². The number of benzene rings is 1. The Bertz CT molecular complexity index is 502. The molecule has 5 heteroatoms. The van der Waals surface area contributed by atoms with Gasteiger partial charge < -0.3 is 10.2 Å². The molecule has 1 aromatic carbocycles. The Morgan fingerprint density at radius 3 is 2.67 bits per heavy atom. The third-order valence-electron chi connectivity index (χ3n) is 3.22. The van der Waals surface area contributed by atoms with Gasteiger partial charge in [-0.25, -0.2) is 0 Å². The van der Waals surface area contributed by atoms with E-state index in [1.54, 1.807) is 14.1 Å². The van der Waals surface area contributed by atoms with Crippen molar-refractivity contribution in [2.75, 3.05) is 25.7 Å². The van der Waals surface area contributed by atoms with Gasteiger partial charge in [0.2, 0.25) is 11.8 Å². The molecule has 0 aliphatic carbocycles. The lowest BCUT2D eigenvalue weighted by Gasteiger charge is -2.26. The molecule has 96 valence electrons. The fraction of sp³-hybridized carbons (Fsp3) is 0.385. The highest BCUT2D eigenvalue weighted by Gasteiger charge is 2.47. The number of carbonyl (C=O) groups excluding carboxylic acids is 2. The van der Waals surface area contributed by atoms with Crippen molar-refractivity contribution < 1.29 is 9.59 Å². The van der Waals surface area contributed by atoms with Crippen molar-refractivity contribution in [2.24, 2.45) is 0 Å². The Labute approximate surface area is 111 Å². The number of nitrogens with one attached hydrogen (secondary N) is 1. The first-order valence-corrected chi connectivity index (χ1v) is 6.90. The number of carbonyl (C=O) groups is 2. The summed E-state index contributed by atoms with van der Waals surface area (Å²) in [6, 6.07) is 7.55. The number of nitrogens with zero attached hydrogens (tertiary/aromatic N) is 1. The average molecular weight is 264 g/mol. The van der Waals surface area contributed by atoms with Gasteiger partial charge in [0, 0.05) is 25.3 Å². The van der Waals surface area contributed by atoms with Crippen molar-refractivity contribution in [3.63, 3.8) is 0 Å². The lowest BCUT2D eigenvalue weighted by atomic mass is 9.95. The molecule has 1 aliphatic heterocycles. The van der Waals surface area contributed by atoms with Gasteiger partial charge in [-0.05, 0) is 12.3 Å². The number of thioether (sulfide) groups is 1. The van der Waals surface area contributed by atoms with Crippen molar-refractivity contribution in [3.8, 4) is 0 Å². The van der Waals surface area contributed by atoms with Crippen LogP contribution in [-0.2, 0) is 14.3 Å². The van der Waals surface area contributed by atoms with Crippen LogP contribution in [0.2, 0.25) is 0 Å². The maximum absolute atomic E-state index is 12.2. The van der Waals surface area contributed by atoms with Gasteiger partial charge in [-0.15, -0.1) is 11.8 Å². The van der Waals surface area contributed by atoms with E-state index in [0.29, 0.717) is 0 Å². The highest BCUT2D eigenvalue weighted by molar-refractivity contribution is 8.00. The second kappa shape index (κ2) is 4.65. The predicted octanol–water partition coefficient (Wildman–Crippen LogP) is 1.68. The van der Waals surface area contributed by atoms with Crippen LogP contribution < -0.4 is 5.32 Å². The summed E-state index contributed by atoms with van der Waals surface area (Å²) < 4.78 is -0.794. The van der Waals surface area contributed by atoms with Crippen LogP contribution in [0.3, 0.4) is 0 Å². The van der Waals surface area contributed by atoms with Crippen LogP contribution in [0.1, 0.15) is 12.0 Å². The number of para-hydroxylation sites is 1. The highest BCUT2D eigenvalue weighted by Crippen LogP contribution is 2.47. The Hall–Kier alpha value is -1.49. The van der Waals surface area contributed by atoms with Crippen LogP contribution in [0.4, 0.5) is 5.69 Å². The van der Waals surface area contributed by atoms with E-state index in [9.17, 15) is 9.59 Å². The SMILES string of the molecule is CSC1(CC(=O)N(C)C)C(=O)Nc2ccccc21. The van der Waals surface area contributed by atoms with Crippen molar-refractivity contribution in [2.45, 2.75) is 11.2 Å². The molecule has 1 N–H and O–H groups in total. The van der Waals surface area contributed by atoms with Gasteiger partial charge in [-0.1, -0.05) is 18.2 Å². The van der Waals surface area contributed by atoms with Gasteiger partial charge in [-0.3, -0.25) is 9.59 Å². The number of amides is 2. The molecule has 1 aromatic rings. The summed E-state index contributed by atoms with van der Waals surface area (Å²) in [5.41, 5.74) is 1.71. The monoisotopic (exact) mass is 264 g/mol. The van der Waals surface area contributed by atoms with Gasteiger partial charge in [0.25, 0.3) is 0 Å². The maximum Gasteiger partial charge on any atom is 0.245 e. The predicted molar refractivity (Wildman–Crippen MR) is 73.6 cm³/mol. The molecular formula is C13H16N2O2S. The fourth-order valence-electron chi connectivity index (χ4n) is 2.11. The van der Waals surface area contributed by atoms with Gasteiger partial charge in [0.05, 0.1) is 6.42 Å². The molecule has 2 amide bonds. The quantitative estimate of drug-likeness (QED) is 0.903. The summed E-state index contributed by atoms with van der Waals surface area (Å²) in [5, 5.41) is 2.85. The van der Waals surface area contributed by atoms with Crippen molar-refractivity contribution in [1.29, 1.82) is 0 Å². The standard InChI is InChI=1S/C13H16N2O2S/c1-15(2)11(16)8-13(18-3)9-6-4-5-7-10(9)14-12(13)17/h4-7H,8H2,1-3H3,(H,14,17). The molecule has 18 heavy (non-hydrogen) atoms. The molecule has 0 saturated carbocycles. The largest absolute Gasteiger partial charge is 0.349 e. The lowest BCUT2D eigenvalue weighted by molar-refractivity contribution is -0.131. The zero-order chi connectivity index (χ0) is 13.3. The number of hydrogen-bond acceptors (Lipinski definition) is 3. The molecule has 1 aliphatic rings. The minimum atomic E-state index is -0.794. The molecule has 0 saturated heterocycles. The molecule has 0 aromatic heterocycles. The van der Waals surface area contributed by atoms with Crippen LogP contribution in [0, 0.1) is 0 Å². The molecule has 1 atom stereocenters. The molecule has 1 unspecified atom stereocenters. The van der Waals surface area contributed by atoms with E-state index in [-0.39, 0.29) is 18.2 Å². The maximum atomic E-state index is 12.2. The molecule has 1 heterocycles. The molecule has 0 radical (unpaired) electrons. The normalized spacial score (nSPS) is 21.4. The number of fused-ring (bicyclic) bond motifs is 1. The Balaban J connectivity index is 2.43. The summed E-state index contributed by atoms with van der Waals surface area (Å²) in [7, 11) is 3.41. The Morgan fingerprint density at radius 2 is 2.06 bits per heavy atom. The third-order valence-corrected chi connectivity index (χ3v) is 4.47. The van der Waals surface area contributed by atoms with E-state index in [1.807, 2.05) is 30.5 Å². The Kier molecular flexibility index (Phi) is 3.34. The third kappa shape index (κ3) is 1.88. The summed E-state index contributed by atoms with van der Waals surface area (Å²) in [6.07, 6.45) is 2.05. The van der Waals surface area contributed by atoms with E-state index in [0.717, 1.165) is 11.3 Å². The van der Waals surface area contributed by atoms with Gasteiger partial charge in [-0.2, -0.15) is 0 Å². The smallest absolute Gasteiger partial charge is 0.245 e. The highest BCUT2D eigenvalue weighted by atomic mass is 32.2. The second-order valence-corrected chi connectivity index (χ2v) is 5.60. The zero-order valence-corrected chi connectivity index (χ0v) is 11.5. The number of rotatable bonds is 3. The first kappa shape index (κ1) is 13.0. The van der Waals surface area contributed by atoms with Crippen LogP contribution in [0.25, 0.3) is 0 Å². The average Bonchev–Trinajstić information content (AvgIpc) is 2.62. The summed E-state index contributed by atoms with van der Waals surface area (Å²) >= 11 is 1.42. The van der Waals surface area contributed by atoms with E-state index < -0.39 is 4.75 Å². The molecule has 0 bridgehead atoms. The lowest BCUT2D eigenvalue weighted by Crippen LogP contribution is -2.37. The minimum Gasteiger partial charge on any atom is -0.349 e.